The number of hydrogen-bond acceptors (Lipinski definition) is 4. The van der Waals surface area contributed by atoms with E-state index in [1.165, 1.54) is 12.1 Å². The summed E-state index contributed by atoms with van der Waals surface area (Å²) in [5.74, 6) is -0.366. The van der Waals surface area contributed by atoms with Crippen LogP contribution < -0.4 is 10.6 Å². The van der Waals surface area contributed by atoms with Crippen molar-refractivity contribution in [3.05, 3.63) is 24.0 Å². The molecule has 0 aliphatic carbocycles. The molecule has 84 valence electrons. The zero-order valence-electron chi connectivity index (χ0n) is 8.69. The summed E-state index contributed by atoms with van der Waals surface area (Å²) in [6, 6.07) is 6.42. The van der Waals surface area contributed by atoms with E-state index in [1.54, 1.807) is 6.07 Å². The molecular weight excluding hydrogens is 209 g/mol. The highest BCUT2D eigenvalue weighted by atomic mass is 19.1. The molecule has 2 N–H and O–H groups in total. The van der Waals surface area contributed by atoms with Crippen LogP contribution in [0.15, 0.2) is 18.2 Å². The zero-order valence-corrected chi connectivity index (χ0v) is 8.69. The number of nitrogen functional groups attached to an aromatic ring is 1. The molecule has 0 bridgehead atoms. The van der Waals surface area contributed by atoms with Crippen molar-refractivity contribution in [1.29, 1.82) is 5.26 Å². The molecule has 1 heterocycles. The van der Waals surface area contributed by atoms with E-state index in [4.69, 9.17) is 15.7 Å². The van der Waals surface area contributed by atoms with Crippen LogP contribution >= 0.6 is 0 Å². The molecule has 1 aliphatic heterocycles. The van der Waals surface area contributed by atoms with Crippen molar-refractivity contribution in [3.63, 3.8) is 0 Å². The predicted molar refractivity (Wildman–Crippen MR) is 58.4 cm³/mol. The summed E-state index contributed by atoms with van der Waals surface area (Å²) in [6.07, 6.45) is -0.460. The van der Waals surface area contributed by atoms with Crippen molar-refractivity contribution < 1.29 is 9.13 Å². The number of nitrogens with zero attached hydrogens (tertiary/aromatic N) is 2. The Bertz CT molecular complexity index is 409. The van der Waals surface area contributed by atoms with E-state index in [2.05, 4.69) is 0 Å². The van der Waals surface area contributed by atoms with Gasteiger partial charge in [0.05, 0.1) is 19.2 Å². The van der Waals surface area contributed by atoms with Gasteiger partial charge in [-0.15, -0.1) is 0 Å². The smallest absolute Gasteiger partial charge is 0.161 e. The van der Waals surface area contributed by atoms with Crippen molar-refractivity contribution in [2.24, 2.45) is 0 Å². The third kappa shape index (κ3) is 2.23. The highest BCUT2D eigenvalue weighted by molar-refractivity contribution is 5.56. The van der Waals surface area contributed by atoms with Gasteiger partial charge in [0.1, 0.15) is 5.82 Å². The lowest BCUT2D eigenvalue weighted by atomic mass is 10.2. The summed E-state index contributed by atoms with van der Waals surface area (Å²) in [4.78, 5) is 1.90. The molecule has 0 aromatic heterocycles. The lowest BCUT2D eigenvalue weighted by Crippen LogP contribution is -2.41. The maximum absolute atomic E-state index is 13.2. The molecule has 1 atom stereocenters. The molecule has 1 aromatic carbocycles. The SMILES string of the molecule is N#CC1CN(c2cc(N)cc(F)c2)CCO1. The highest BCUT2D eigenvalue weighted by Gasteiger charge is 2.20. The van der Waals surface area contributed by atoms with Gasteiger partial charge in [-0.1, -0.05) is 0 Å². The van der Waals surface area contributed by atoms with Gasteiger partial charge in [-0.2, -0.15) is 5.26 Å². The minimum Gasteiger partial charge on any atom is -0.399 e. The second-order valence-corrected chi connectivity index (χ2v) is 3.68. The van der Waals surface area contributed by atoms with E-state index in [0.29, 0.717) is 31.1 Å². The second kappa shape index (κ2) is 4.37. The van der Waals surface area contributed by atoms with Gasteiger partial charge in [0.15, 0.2) is 6.10 Å². The molecular formula is C11H12FN3O. The average Bonchev–Trinajstić information content (AvgIpc) is 2.28. The van der Waals surface area contributed by atoms with Crippen LogP contribution in [-0.4, -0.2) is 25.8 Å². The van der Waals surface area contributed by atoms with E-state index in [0.717, 1.165) is 0 Å². The van der Waals surface area contributed by atoms with Crippen LogP contribution in [0.2, 0.25) is 0 Å². The molecule has 1 fully saturated rings. The molecule has 0 spiro atoms. The summed E-state index contributed by atoms with van der Waals surface area (Å²) in [5.41, 5.74) is 6.65. The third-order valence-electron chi connectivity index (χ3n) is 2.48. The van der Waals surface area contributed by atoms with Gasteiger partial charge >= 0.3 is 0 Å². The van der Waals surface area contributed by atoms with E-state index in [1.807, 2.05) is 11.0 Å². The van der Waals surface area contributed by atoms with Crippen molar-refractivity contribution in [2.45, 2.75) is 6.10 Å². The first-order valence-corrected chi connectivity index (χ1v) is 5.01. The summed E-state index contributed by atoms with van der Waals surface area (Å²) in [6.45, 7) is 1.55. The molecule has 1 aliphatic rings. The van der Waals surface area contributed by atoms with Gasteiger partial charge in [0.25, 0.3) is 0 Å². The van der Waals surface area contributed by atoms with Crippen LogP contribution in [0.1, 0.15) is 0 Å². The van der Waals surface area contributed by atoms with Crippen molar-refractivity contribution >= 4 is 11.4 Å². The van der Waals surface area contributed by atoms with Gasteiger partial charge in [-0.05, 0) is 18.2 Å². The topological polar surface area (TPSA) is 62.3 Å². The number of morpholine rings is 1. The van der Waals surface area contributed by atoms with Crippen molar-refractivity contribution in [2.75, 3.05) is 30.3 Å². The molecule has 16 heavy (non-hydrogen) atoms. The number of nitrogens with two attached hydrogens (primary N) is 1. The molecule has 1 unspecified atom stereocenters. The van der Waals surface area contributed by atoms with Crippen molar-refractivity contribution in [1.82, 2.24) is 0 Å². The Morgan fingerprint density at radius 3 is 3.00 bits per heavy atom. The normalized spacial score (nSPS) is 20.5. The summed E-state index contributed by atoms with van der Waals surface area (Å²) >= 11 is 0. The van der Waals surface area contributed by atoms with Crippen LogP contribution in [0.3, 0.4) is 0 Å². The minimum atomic E-state index is -0.460. The molecule has 0 saturated carbocycles. The highest BCUT2D eigenvalue weighted by Crippen LogP contribution is 2.21. The standard InChI is InChI=1S/C11H12FN3O/c12-8-3-9(14)5-10(4-8)15-1-2-16-11(6-13)7-15/h3-5,11H,1-2,7,14H2. The third-order valence-corrected chi connectivity index (χ3v) is 2.48. The molecule has 4 nitrogen and oxygen atoms in total. The number of ether oxygens (including phenoxy) is 1. The van der Waals surface area contributed by atoms with Crippen LogP contribution in [0, 0.1) is 17.1 Å². The number of halogens is 1. The molecule has 1 aromatic rings. The van der Waals surface area contributed by atoms with E-state index in [-0.39, 0.29) is 5.82 Å². The van der Waals surface area contributed by atoms with E-state index >= 15 is 0 Å². The lowest BCUT2D eigenvalue weighted by Gasteiger charge is -2.31. The molecule has 2 rings (SSSR count). The Kier molecular flexibility index (Phi) is 2.93. The molecule has 0 amide bonds. The Morgan fingerprint density at radius 2 is 2.31 bits per heavy atom. The maximum Gasteiger partial charge on any atom is 0.161 e. The van der Waals surface area contributed by atoms with Gasteiger partial charge in [-0.25, -0.2) is 4.39 Å². The maximum atomic E-state index is 13.2. The number of hydrogen-bond donors (Lipinski definition) is 1. The first-order chi connectivity index (χ1) is 7.69. The largest absolute Gasteiger partial charge is 0.399 e. The van der Waals surface area contributed by atoms with E-state index in [9.17, 15) is 4.39 Å². The summed E-state index contributed by atoms with van der Waals surface area (Å²) in [7, 11) is 0. The fraction of sp³-hybridized carbons (Fsp3) is 0.364. The van der Waals surface area contributed by atoms with E-state index < -0.39 is 6.10 Å². The van der Waals surface area contributed by atoms with Crippen molar-refractivity contribution in [3.8, 4) is 6.07 Å². The fourth-order valence-corrected chi connectivity index (χ4v) is 1.74. The first kappa shape index (κ1) is 10.7. The zero-order chi connectivity index (χ0) is 11.5. The van der Waals surface area contributed by atoms with Crippen LogP contribution in [0.25, 0.3) is 0 Å². The first-order valence-electron chi connectivity index (χ1n) is 5.01. The van der Waals surface area contributed by atoms with Gasteiger partial charge in [0.2, 0.25) is 0 Å². The predicted octanol–water partition coefficient (Wildman–Crippen LogP) is 1.14. The lowest BCUT2D eigenvalue weighted by molar-refractivity contribution is 0.0764. The summed E-state index contributed by atoms with van der Waals surface area (Å²) in [5, 5.41) is 8.76. The second-order valence-electron chi connectivity index (χ2n) is 3.68. The molecule has 1 saturated heterocycles. The Balaban J connectivity index is 2.20. The molecule has 0 radical (unpaired) electrons. The van der Waals surface area contributed by atoms with Crippen LogP contribution in [0.5, 0.6) is 0 Å². The number of anilines is 2. The number of rotatable bonds is 1. The minimum absolute atomic E-state index is 0.366. The Morgan fingerprint density at radius 1 is 1.50 bits per heavy atom. The van der Waals surface area contributed by atoms with Gasteiger partial charge in [0, 0.05) is 17.9 Å². The van der Waals surface area contributed by atoms with Gasteiger partial charge in [-0.3, -0.25) is 0 Å². The fourth-order valence-electron chi connectivity index (χ4n) is 1.74. The van der Waals surface area contributed by atoms with Crippen LogP contribution in [0.4, 0.5) is 15.8 Å². The Labute approximate surface area is 93.0 Å². The van der Waals surface area contributed by atoms with Crippen LogP contribution in [-0.2, 0) is 4.74 Å². The quantitative estimate of drug-likeness (QED) is 0.722. The number of nitriles is 1. The molecule has 5 heteroatoms. The average molecular weight is 221 g/mol. The van der Waals surface area contributed by atoms with Gasteiger partial charge < -0.3 is 15.4 Å². The summed E-state index contributed by atoms with van der Waals surface area (Å²) < 4.78 is 18.4. The Hall–Kier alpha value is -1.80. The number of benzene rings is 1. The monoisotopic (exact) mass is 221 g/mol.